The molecule has 1 N–H and O–H groups in total. The lowest BCUT2D eigenvalue weighted by Crippen LogP contribution is -2.37. The highest BCUT2D eigenvalue weighted by Gasteiger charge is 2.27. The van der Waals surface area contributed by atoms with E-state index >= 15 is 0 Å². The predicted molar refractivity (Wildman–Crippen MR) is 92.3 cm³/mol. The van der Waals surface area contributed by atoms with Gasteiger partial charge in [0, 0.05) is 18.0 Å². The number of fused-ring (bicyclic) bond motifs is 1. The lowest BCUT2D eigenvalue weighted by Gasteiger charge is -2.32. The predicted octanol–water partition coefficient (Wildman–Crippen LogP) is 3.96. The summed E-state index contributed by atoms with van der Waals surface area (Å²) in [5.74, 6) is 1.02. The van der Waals surface area contributed by atoms with E-state index in [1.165, 1.54) is 22.4 Å². The molecule has 23 heavy (non-hydrogen) atoms. The fraction of sp³-hybridized carbons (Fsp3) is 0.421. The van der Waals surface area contributed by atoms with Crippen molar-refractivity contribution in [2.75, 3.05) is 13.1 Å². The normalized spacial score (nSPS) is 18.2. The van der Waals surface area contributed by atoms with E-state index in [4.69, 9.17) is 0 Å². The van der Waals surface area contributed by atoms with E-state index in [0.717, 1.165) is 43.6 Å². The maximum Gasteiger partial charge on any atom is 0.263 e. The highest BCUT2D eigenvalue weighted by atomic mass is 32.1. The second-order valence-corrected chi connectivity index (χ2v) is 7.71. The highest BCUT2D eigenvalue weighted by Crippen LogP contribution is 2.33. The first kappa shape index (κ1) is 14.8. The molecule has 1 aromatic carbocycles. The number of carbonyl (C=O) groups is 1. The van der Waals surface area contributed by atoms with Crippen LogP contribution in [0.5, 0.6) is 5.75 Å². The van der Waals surface area contributed by atoms with Crippen LogP contribution in [0.1, 0.15) is 50.9 Å². The van der Waals surface area contributed by atoms with Gasteiger partial charge in [0.2, 0.25) is 0 Å². The molecule has 3 nitrogen and oxygen atoms in total. The number of phenolic OH excluding ortho intramolecular Hbond substituents is 1. The van der Waals surface area contributed by atoms with Crippen LogP contribution in [0.4, 0.5) is 0 Å². The summed E-state index contributed by atoms with van der Waals surface area (Å²) in [6.45, 7) is 1.65. The zero-order valence-corrected chi connectivity index (χ0v) is 13.9. The number of thiophene rings is 1. The van der Waals surface area contributed by atoms with E-state index in [9.17, 15) is 9.90 Å². The van der Waals surface area contributed by atoms with Crippen molar-refractivity contribution < 1.29 is 9.90 Å². The van der Waals surface area contributed by atoms with Gasteiger partial charge in [0.15, 0.2) is 0 Å². The molecule has 1 amide bonds. The molecule has 1 saturated heterocycles. The summed E-state index contributed by atoms with van der Waals surface area (Å²) in [7, 11) is 0. The third-order valence-corrected chi connectivity index (χ3v) is 6.33. The van der Waals surface area contributed by atoms with Crippen LogP contribution in [-0.2, 0) is 12.8 Å². The van der Waals surface area contributed by atoms with Gasteiger partial charge in [0.05, 0.1) is 4.88 Å². The van der Waals surface area contributed by atoms with Crippen molar-refractivity contribution in [1.82, 2.24) is 4.90 Å². The Balaban J connectivity index is 1.40. The largest absolute Gasteiger partial charge is 0.508 e. The fourth-order valence-corrected chi connectivity index (χ4v) is 4.97. The lowest BCUT2D eigenvalue weighted by atomic mass is 9.89. The Morgan fingerprint density at radius 3 is 2.57 bits per heavy atom. The molecule has 4 rings (SSSR count). The van der Waals surface area contributed by atoms with Gasteiger partial charge in [-0.2, -0.15) is 0 Å². The number of rotatable bonds is 2. The van der Waals surface area contributed by atoms with Gasteiger partial charge < -0.3 is 10.0 Å². The molecular formula is C19H21NO2S. The molecule has 0 spiro atoms. The van der Waals surface area contributed by atoms with E-state index in [0.29, 0.717) is 11.7 Å². The van der Waals surface area contributed by atoms with E-state index in [2.05, 4.69) is 6.07 Å². The summed E-state index contributed by atoms with van der Waals surface area (Å²) < 4.78 is 0. The van der Waals surface area contributed by atoms with Gasteiger partial charge in [-0.1, -0.05) is 12.1 Å². The molecule has 0 bridgehead atoms. The Morgan fingerprint density at radius 2 is 1.87 bits per heavy atom. The molecule has 0 radical (unpaired) electrons. The van der Waals surface area contributed by atoms with Crippen molar-refractivity contribution in [3.63, 3.8) is 0 Å². The number of nitrogens with zero attached hydrogens (tertiary/aromatic N) is 1. The number of phenols is 1. The van der Waals surface area contributed by atoms with Crippen LogP contribution in [0.15, 0.2) is 30.3 Å². The summed E-state index contributed by atoms with van der Waals surface area (Å²) in [5.41, 5.74) is 2.67. The summed E-state index contributed by atoms with van der Waals surface area (Å²) in [6, 6.07) is 9.63. The summed E-state index contributed by atoms with van der Waals surface area (Å²) in [4.78, 5) is 17.1. The Hall–Kier alpha value is -1.81. The second kappa shape index (κ2) is 6.00. The molecule has 2 aromatic rings. The smallest absolute Gasteiger partial charge is 0.263 e. The lowest BCUT2D eigenvalue weighted by molar-refractivity contribution is 0.0718. The van der Waals surface area contributed by atoms with E-state index in [1.54, 1.807) is 23.5 Å². The quantitative estimate of drug-likeness (QED) is 0.907. The zero-order chi connectivity index (χ0) is 15.8. The van der Waals surface area contributed by atoms with Crippen molar-refractivity contribution in [3.05, 3.63) is 51.2 Å². The number of benzene rings is 1. The molecule has 2 aliphatic rings. The number of hydrogen-bond acceptors (Lipinski definition) is 3. The van der Waals surface area contributed by atoms with Crippen LogP contribution in [0.25, 0.3) is 0 Å². The molecule has 1 aliphatic carbocycles. The average Bonchev–Trinajstić information content (AvgIpc) is 3.17. The highest BCUT2D eigenvalue weighted by molar-refractivity contribution is 7.14. The van der Waals surface area contributed by atoms with Crippen molar-refractivity contribution >= 4 is 17.2 Å². The van der Waals surface area contributed by atoms with Crippen LogP contribution < -0.4 is 0 Å². The number of carbonyl (C=O) groups excluding carboxylic acids is 1. The molecule has 0 unspecified atom stereocenters. The first-order valence-electron chi connectivity index (χ1n) is 8.40. The third-order valence-electron chi connectivity index (χ3n) is 5.10. The van der Waals surface area contributed by atoms with Crippen molar-refractivity contribution in [1.29, 1.82) is 0 Å². The number of likely N-dealkylation sites (tertiary alicyclic amines) is 1. The maximum absolute atomic E-state index is 12.7. The Bertz CT molecular complexity index is 690. The third kappa shape index (κ3) is 2.88. The van der Waals surface area contributed by atoms with Crippen molar-refractivity contribution in [2.45, 2.75) is 38.0 Å². The van der Waals surface area contributed by atoms with Gasteiger partial charge in [-0.15, -0.1) is 11.3 Å². The molecule has 120 valence electrons. The summed E-state index contributed by atoms with van der Waals surface area (Å²) in [5, 5.41) is 9.39. The molecular weight excluding hydrogens is 306 g/mol. The van der Waals surface area contributed by atoms with Gasteiger partial charge in [0.25, 0.3) is 5.91 Å². The van der Waals surface area contributed by atoms with Gasteiger partial charge in [0.1, 0.15) is 5.75 Å². The fourth-order valence-electron chi connectivity index (χ4n) is 3.75. The standard InChI is InChI=1S/C19H21NO2S/c21-16-6-4-13(5-7-16)14-8-10-20(11-9-14)19(22)18-12-15-2-1-3-17(15)23-18/h4-7,12,14,21H,1-3,8-11H2. The van der Waals surface area contributed by atoms with Gasteiger partial charge >= 0.3 is 0 Å². The summed E-state index contributed by atoms with van der Waals surface area (Å²) in [6.07, 6.45) is 5.54. The van der Waals surface area contributed by atoms with Crippen LogP contribution in [-0.4, -0.2) is 29.0 Å². The van der Waals surface area contributed by atoms with Gasteiger partial charge in [-0.3, -0.25) is 4.79 Å². The zero-order valence-electron chi connectivity index (χ0n) is 13.1. The van der Waals surface area contributed by atoms with Crippen LogP contribution in [0.2, 0.25) is 0 Å². The molecule has 4 heteroatoms. The Labute approximate surface area is 140 Å². The molecule has 1 aromatic heterocycles. The Kier molecular flexibility index (Phi) is 3.85. The number of amides is 1. The average molecular weight is 327 g/mol. The number of piperidine rings is 1. The second-order valence-electron chi connectivity index (χ2n) is 6.57. The van der Waals surface area contributed by atoms with Crippen LogP contribution in [0, 0.1) is 0 Å². The van der Waals surface area contributed by atoms with Gasteiger partial charge in [-0.05, 0) is 67.3 Å². The maximum atomic E-state index is 12.7. The minimum atomic E-state index is 0.216. The molecule has 0 atom stereocenters. The topological polar surface area (TPSA) is 40.5 Å². The molecule has 0 saturated carbocycles. The first-order valence-corrected chi connectivity index (χ1v) is 9.22. The first-order chi connectivity index (χ1) is 11.2. The van der Waals surface area contributed by atoms with Crippen LogP contribution in [0.3, 0.4) is 0 Å². The van der Waals surface area contributed by atoms with Crippen LogP contribution >= 0.6 is 11.3 Å². The SMILES string of the molecule is O=C(c1cc2c(s1)CCC2)N1CCC(c2ccc(O)cc2)CC1. The Morgan fingerprint density at radius 1 is 1.13 bits per heavy atom. The monoisotopic (exact) mass is 327 g/mol. The van der Waals surface area contributed by atoms with E-state index in [-0.39, 0.29) is 5.91 Å². The number of aromatic hydroxyl groups is 1. The van der Waals surface area contributed by atoms with Gasteiger partial charge in [-0.25, -0.2) is 0 Å². The number of aryl methyl sites for hydroxylation is 2. The minimum absolute atomic E-state index is 0.216. The van der Waals surface area contributed by atoms with Crippen molar-refractivity contribution in [3.8, 4) is 5.75 Å². The van der Waals surface area contributed by atoms with E-state index < -0.39 is 0 Å². The van der Waals surface area contributed by atoms with E-state index in [1.807, 2.05) is 17.0 Å². The minimum Gasteiger partial charge on any atom is -0.508 e. The van der Waals surface area contributed by atoms with Crippen molar-refractivity contribution in [2.24, 2.45) is 0 Å². The number of hydrogen-bond donors (Lipinski definition) is 1. The summed E-state index contributed by atoms with van der Waals surface area (Å²) >= 11 is 1.70. The molecule has 1 fully saturated rings. The molecule has 2 heterocycles. The molecule has 1 aliphatic heterocycles.